The first-order valence-corrected chi connectivity index (χ1v) is 12.3. The first kappa shape index (κ1) is 25.5. The minimum atomic E-state index is -0.910. The molecule has 1 aliphatic carbocycles. The fourth-order valence-corrected chi connectivity index (χ4v) is 5.06. The summed E-state index contributed by atoms with van der Waals surface area (Å²) in [5.41, 5.74) is 1.37. The van der Waals surface area contributed by atoms with Gasteiger partial charge in [-0.25, -0.2) is 8.78 Å². The molecule has 2 aliphatic rings. The lowest BCUT2D eigenvalue weighted by Gasteiger charge is -2.31. The highest BCUT2D eigenvalue weighted by atomic mass is 35.5. The maximum absolute atomic E-state index is 14.7. The Bertz CT molecular complexity index is 1150. The lowest BCUT2D eigenvalue weighted by atomic mass is 9.99. The van der Waals surface area contributed by atoms with Gasteiger partial charge in [-0.1, -0.05) is 18.5 Å². The molecule has 1 saturated carbocycles. The number of nitrogens with zero attached hydrogens (tertiary/aromatic N) is 2. The summed E-state index contributed by atoms with van der Waals surface area (Å²) in [5.74, 6) is -2.18. The van der Waals surface area contributed by atoms with Crippen molar-refractivity contribution in [1.29, 1.82) is 0 Å². The summed E-state index contributed by atoms with van der Waals surface area (Å²) in [6.07, 6.45) is 2.56. The summed E-state index contributed by atoms with van der Waals surface area (Å²) >= 11 is 5.72. The number of likely N-dealkylation sites (tertiary alicyclic amines) is 1. The molecule has 1 aliphatic heterocycles. The van der Waals surface area contributed by atoms with Gasteiger partial charge in [0.05, 0.1) is 17.2 Å². The standard InChI is InChI=1S/C26H30ClF2N3O3/c1-12-7-23(32(14(12)3)26(35)17-8-13(2)30-11-19(17)15(4)33)25(34)31-24(16-5-6-16)18-9-22(29)20(27)10-21(18)28/h8-12,14-16,23-24,33H,5-7H2,1-4H3,(H,31,34)/t12-,14-,15?,23-,24-/m1/s1. The van der Waals surface area contributed by atoms with Crippen molar-refractivity contribution in [2.24, 2.45) is 11.8 Å². The third-order valence-electron chi connectivity index (χ3n) is 7.25. The topological polar surface area (TPSA) is 82.5 Å². The number of aliphatic hydroxyl groups excluding tert-OH is 1. The number of aryl methyl sites for hydroxylation is 1. The molecule has 9 heteroatoms. The normalized spacial score (nSPS) is 23.8. The van der Waals surface area contributed by atoms with Gasteiger partial charge in [-0.2, -0.15) is 0 Å². The molecule has 5 atom stereocenters. The first-order valence-electron chi connectivity index (χ1n) is 11.9. The van der Waals surface area contributed by atoms with Crippen molar-refractivity contribution in [3.63, 3.8) is 0 Å². The van der Waals surface area contributed by atoms with E-state index in [1.807, 2.05) is 13.8 Å². The molecule has 1 saturated heterocycles. The van der Waals surface area contributed by atoms with Crippen LogP contribution < -0.4 is 5.32 Å². The molecular weight excluding hydrogens is 476 g/mol. The van der Waals surface area contributed by atoms with Crippen LogP contribution in [0.4, 0.5) is 8.78 Å². The third-order valence-corrected chi connectivity index (χ3v) is 7.54. The van der Waals surface area contributed by atoms with Crippen LogP contribution in [0.5, 0.6) is 0 Å². The lowest BCUT2D eigenvalue weighted by Crippen LogP contribution is -2.49. The average molecular weight is 506 g/mol. The van der Waals surface area contributed by atoms with E-state index in [1.54, 1.807) is 24.8 Å². The molecule has 2 N–H and O–H groups in total. The van der Waals surface area contributed by atoms with Crippen LogP contribution in [0.25, 0.3) is 0 Å². The Labute approximate surface area is 208 Å². The fraction of sp³-hybridized carbons (Fsp3) is 0.500. The molecule has 35 heavy (non-hydrogen) atoms. The zero-order valence-corrected chi connectivity index (χ0v) is 20.9. The predicted molar refractivity (Wildman–Crippen MR) is 128 cm³/mol. The van der Waals surface area contributed by atoms with Gasteiger partial charge >= 0.3 is 0 Å². The van der Waals surface area contributed by atoms with E-state index in [0.29, 0.717) is 23.2 Å². The molecule has 0 spiro atoms. The number of aliphatic hydroxyl groups is 1. The highest BCUT2D eigenvalue weighted by Crippen LogP contribution is 2.43. The van der Waals surface area contributed by atoms with E-state index >= 15 is 0 Å². The molecular formula is C26H30ClF2N3O3. The van der Waals surface area contributed by atoms with E-state index in [2.05, 4.69) is 10.3 Å². The van der Waals surface area contributed by atoms with Crippen molar-refractivity contribution in [2.45, 2.75) is 71.2 Å². The van der Waals surface area contributed by atoms with Gasteiger partial charge in [0.25, 0.3) is 5.91 Å². The van der Waals surface area contributed by atoms with Gasteiger partial charge in [0.15, 0.2) is 0 Å². The van der Waals surface area contributed by atoms with Gasteiger partial charge in [-0.05, 0) is 70.1 Å². The van der Waals surface area contributed by atoms with Crippen LogP contribution in [0.1, 0.15) is 79.4 Å². The summed E-state index contributed by atoms with van der Waals surface area (Å²) in [6, 6.07) is 1.84. The molecule has 2 aromatic rings. The molecule has 2 heterocycles. The Morgan fingerprint density at radius 2 is 1.86 bits per heavy atom. The smallest absolute Gasteiger partial charge is 0.255 e. The number of hydrogen-bond donors (Lipinski definition) is 2. The van der Waals surface area contributed by atoms with Gasteiger partial charge in [-0.15, -0.1) is 0 Å². The second-order valence-corrected chi connectivity index (χ2v) is 10.3. The zero-order valence-electron chi connectivity index (χ0n) is 20.2. The number of carbonyl (C=O) groups is 2. The van der Waals surface area contributed by atoms with Crippen LogP contribution in [0.2, 0.25) is 5.02 Å². The number of benzene rings is 1. The molecule has 4 rings (SSSR count). The molecule has 0 radical (unpaired) electrons. The first-order chi connectivity index (χ1) is 16.5. The number of amides is 2. The number of halogens is 3. The van der Waals surface area contributed by atoms with Gasteiger partial charge in [0, 0.05) is 34.6 Å². The van der Waals surface area contributed by atoms with Crippen molar-refractivity contribution in [2.75, 3.05) is 0 Å². The minimum Gasteiger partial charge on any atom is -0.389 e. The maximum Gasteiger partial charge on any atom is 0.255 e. The molecule has 1 aromatic carbocycles. The van der Waals surface area contributed by atoms with E-state index in [1.165, 1.54) is 6.20 Å². The monoisotopic (exact) mass is 505 g/mol. The quantitative estimate of drug-likeness (QED) is 0.548. The van der Waals surface area contributed by atoms with Crippen molar-refractivity contribution in [3.05, 3.63) is 63.4 Å². The second kappa shape index (κ2) is 9.82. The Kier molecular flexibility index (Phi) is 7.16. The van der Waals surface area contributed by atoms with Crippen LogP contribution in [0, 0.1) is 30.4 Å². The molecule has 2 fully saturated rings. The van der Waals surface area contributed by atoms with Crippen molar-refractivity contribution in [3.8, 4) is 0 Å². The van der Waals surface area contributed by atoms with Gasteiger partial charge in [-0.3, -0.25) is 14.6 Å². The molecule has 188 valence electrons. The Balaban J connectivity index is 1.64. The lowest BCUT2D eigenvalue weighted by molar-refractivity contribution is -0.126. The molecule has 1 aromatic heterocycles. The average Bonchev–Trinajstić information content (AvgIpc) is 3.59. The van der Waals surface area contributed by atoms with Crippen LogP contribution in [-0.2, 0) is 4.79 Å². The predicted octanol–water partition coefficient (Wildman–Crippen LogP) is 4.88. The fourth-order valence-electron chi connectivity index (χ4n) is 4.91. The number of hydrogen-bond acceptors (Lipinski definition) is 4. The van der Waals surface area contributed by atoms with E-state index < -0.39 is 35.7 Å². The Hall–Kier alpha value is -2.58. The highest BCUT2D eigenvalue weighted by Gasteiger charge is 2.45. The number of carbonyl (C=O) groups excluding carboxylic acids is 2. The summed E-state index contributed by atoms with van der Waals surface area (Å²) in [7, 11) is 0. The van der Waals surface area contributed by atoms with Crippen LogP contribution >= 0.6 is 11.6 Å². The molecule has 0 bridgehead atoms. The van der Waals surface area contributed by atoms with Gasteiger partial charge in [0.2, 0.25) is 5.91 Å². The minimum absolute atomic E-state index is 0.0147. The van der Waals surface area contributed by atoms with Crippen LogP contribution in [-0.4, -0.2) is 38.9 Å². The van der Waals surface area contributed by atoms with E-state index in [9.17, 15) is 23.5 Å². The van der Waals surface area contributed by atoms with Gasteiger partial charge < -0.3 is 15.3 Å². The molecule has 1 unspecified atom stereocenters. The summed E-state index contributed by atoms with van der Waals surface area (Å²) in [6.45, 7) is 7.17. The number of aromatic nitrogens is 1. The summed E-state index contributed by atoms with van der Waals surface area (Å²) in [5, 5.41) is 12.8. The summed E-state index contributed by atoms with van der Waals surface area (Å²) < 4.78 is 28.9. The van der Waals surface area contributed by atoms with E-state index in [4.69, 9.17) is 11.6 Å². The van der Waals surface area contributed by atoms with Crippen molar-refractivity contribution >= 4 is 23.4 Å². The van der Waals surface area contributed by atoms with E-state index in [-0.39, 0.29) is 34.4 Å². The number of nitrogens with one attached hydrogen (secondary N) is 1. The molecule has 6 nitrogen and oxygen atoms in total. The molecule has 2 amide bonds. The SMILES string of the molecule is Cc1cc(C(=O)N2[C@@H](C(=O)N[C@@H](c3cc(F)c(Cl)cc3F)C3CC3)C[C@@H](C)[C@H]2C)c(C(C)O)cn1. The van der Waals surface area contributed by atoms with Crippen molar-refractivity contribution < 1.29 is 23.5 Å². The zero-order chi connectivity index (χ0) is 25.6. The van der Waals surface area contributed by atoms with E-state index in [0.717, 1.165) is 25.0 Å². The van der Waals surface area contributed by atoms with Crippen LogP contribution in [0.15, 0.2) is 24.4 Å². The number of rotatable bonds is 6. The summed E-state index contributed by atoms with van der Waals surface area (Å²) in [4.78, 5) is 33.0. The maximum atomic E-state index is 14.7. The number of pyridine rings is 1. The highest BCUT2D eigenvalue weighted by molar-refractivity contribution is 6.30. The largest absolute Gasteiger partial charge is 0.389 e. The van der Waals surface area contributed by atoms with Crippen LogP contribution in [0.3, 0.4) is 0 Å². The third kappa shape index (κ3) is 5.05. The second-order valence-electron chi connectivity index (χ2n) is 9.88. The Morgan fingerprint density at radius 3 is 2.49 bits per heavy atom. The Morgan fingerprint density at radius 1 is 1.17 bits per heavy atom. The van der Waals surface area contributed by atoms with Gasteiger partial charge in [0.1, 0.15) is 17.7 Å². The van der Waals surface area contributed by atoms with Crippen molar-refractivity contribution in [1.82, 2.24) is 15.2 Å².